The quantitative estimate of drug-likeness (QED) is 0.627. The van der Waals surface area contributed by atoms with E-state index in [1.807, 2.05) is 12.1 Å². The average molecular weight is 411 g/mol. The van der Waals surface area contributed by atoms with E-state index in [4.69, 9.17) is 0 Å². The summed E-state index contributed by atoms with van der Waals surface area (Å²) in [5, 5.41) is 6.00. The van der Waals surface area contributed by atoms with Crippen molar-refractivity contribution in [3.05, 3.63) is 65.5 Å². The number of rotatable bonds is 8. The first-order valence-electron chi connectivity index (χ1n) is 10.9. The Morgan fingerprint density at radius 3 is 2.40 bits per heavy atom. The summed E-state index contributed by atoms with van der Waals surface area (Å²) in [7, 11) is 0. The standard InChI is InChI=1S/C24H28FN3O2/c25-21-11-5-1-7-17(21)15-28(19-13-14-19)16-23(29)27-22-12-6-4-10-20(22)24(30)26-18-8-2-3-9-18/h1,4-7,10-12,18-19H,2-3,8-9,13-16H2,(H,26,30)(H,27,29)/p+1. The van der Waals surface area contributed by atoms with Crippen LogP contribution in [0.4, 0.5) is 10.1 Å². The molecule has 0 radical (unpaired) electrons. The van der Waals surface area contributed by atoms with Gasteiger partial charge < -0.3 is 15.5 Å². The summed E-state index contributed by atoms with van der Waals surface area (Å²) in [5.41, 5.74) is 1.64. The first-order chi connectivity index (χ1) is 14.6. The predicted molar refractivity (Wildman–Crippen MR) is 114 cm³/mol. The third-order valence-electron chi connectivity index (χ3n) is 6.05. The summed E-state index contributed by atoms with van der Waals surface area (Å²) in [5.74, 6) is -0.533. The Morgan fingerprint density at radius 1 is 0.967 bits per heavy atom. The monoisotopic (exact) mass is 410 g/mol. The zero-order valence-corrected chi connectivity index (χ0v) is 17.1. The molecule has 0 aliphatic heterocycles. The topological polar surface area (TPSA) is 62.6 Å². The van der Waals surface area contributed by atoms with Gasteiger partial charge in [-0.25, -0.2) is 4.39 Å². The smallest absolute Gasteiger partial charge is 0.279 e. The van der Waals surface area contributed by atoms with Gasteiger partial charge in [-0.05, 0) is 31.0 Å². The number of hydrogen-bond acceptors (Lipinski definition) is 2. The highest BCUT2D eigenvalue weighted by molar-refractivity contribution is 6.04. The molecule has 0 aromatic heterocycles. The van der Waals surface area contributed by atoms with Crippen LogP contribution < -0.4 is 15.5 Å². The summed E-state index contributed by atoms with van der Waals surface area (Å²) in [6.45, 7) is 0.728. The summed E-state index contributed by atoms with van der Waals surface area (Å²) in [6.07, 6.45) is 6.41. The van der Waals surface area contributed by atoms with Gasteiger partial charge in [0.15, 0.2) is 6.54 Å². The van der Waals surface area contributed by atoms with E-state index in [9.17, 15) is 14.0 Å². The fourth-order valence-corrected chi connectivity index (χ4v) is 4.25. The van der Waals surface area contributed by atoms with E-state index in [-0.39, 0.29) is 30.2 Å². The molecule has 2 amide bonds. The Labute approximate surface area is 176 Å². The number of para-hydroxylation sites is 1. The molecule has 0 spiro atoms. The van der Waals surface area contributed by atoms with Gasteiger partial charge in [-0.15, -0.1) is 0 Å². The van der Waals surface area contributed by atoms with Crippen LogP contribution in [0, 0.1) is 5.82 Å². The molecule has 4 rings (SSSR count). The third-order valence-corrected chi connectivity index (χ3v) is 6.05. The van der Waals surface area contributed by atoms with Crippen LogP contribution in [-0.2, 0) is 11.3 Å². The lowest BCUT2D eigenvalue weighted by Gasteiger charge is -2.20. The molecule has 2 aromatic rings. The molecule has 1 unspecified atom stereocenters. The summed E-state index contributed by atoms with van der Waals surface area (Å²) < 4.78 is 14.1. The van der Waals surface area contributed by atoms with Gasteiger partial charge in [0.1, 0.15) is 12.4 Å². The van der Waals surface area contributed by atoms with Crippen LogP contribution >= 0.6 is 0 Å². The molecule has 5 nitrogen and oxygen atoms in total. The van der Waals surface area contributed by atoms with Crippen LogP contribution in [0.5, 0.6) is 0 Å². The van der Waals surface area contributed by atoms with Crippen LogP contribution in [0.15, 0.2) is 48.5 Å². The maximum atomic E-state index is 14.1. The number of anilines is 1. The molecular formula is C24H29FN3O2+. The highest BCUT2D eigenvalue weighted by Crippen LogP contribution is 2.20. The van der Waals surface area contributed by atoms with Crippen LogP contribution in [0.1, 0.15) is 54.4 Å². The highest BCUT2D eigenvalue weighted by Gasteiger charge is 2.35. The van der Waals surface area contributed by atoms with Gasteiger partial charge in [0, 0.05) is 24.4 Å². The Balaban J connectivity index is 1.40. The SMILES string of the molecule is O=C(C[NH+](Cc1ccccc1F)C1CC1)Nc1ccccc1C(=O)NC1CCCC1. The maximum absolute atomic E-state index is 14.1. The minimum Gasteiger partial charge on any atom is -0.349 e. The van der Waals surface area contributed by atoms with E-state index in [0.717, 1.165) is 43.4 Å². The van der Waals surface area contributed by atoms with Gasteiger partial charge in [0.25, 0.3) is 11.8 Å². The van der Waals surface area contributed by atoms with Crippen molar-refractivity contribution in [3.8, 4) is 0 Å². The molecule has 30 heavy (non-hydrogen) atoms. The fourth-order valence-electron chi connectivity index (χ4n) is 4.25. The van der Waals surface area contributed by atoms with E-state index in [2.05, 4.69) is 10.6 Å². The van der Waals surface area contributed by atoms with Crippen molar-refractivity contribution in [1.29, 1.82) is 0 Å². The van der Waals surface area contributed by atoms with E-state index in [0.29, 0.717) is 29.4 Å². The summed E-state index contributed by atoms with van der Waals surface area (Å²) >= 11 is 0. The van der Waals surface area contributed by atoms with Gasteiger partial charge in [0.2, 0.25) is 0 Å². The molecule has 0 bridgehead atoms. The lowest BCUT2D eigenvalue weighted by atomic mass is 10.1. The Morgan fingerprint density at radius 2 is 1.67 bits per heavy atom. The first-order valence-corrected chi connectivity index (χ1v) is 10.9. The summed E-state index contributed by atoms with van der Waals surface area (Å²) in [6, 6.07) is 14.5. The fraction of sp³-hybridized carbons (Fsp3) is 0.417. The van der Waals surface area contributed by atoms with Crippen molar-refractivity contribution in [2.24, 2.45) is 0 Å². The molecule has 2 saturated carbocycles. The second-order valence-electron chi connectivity index (χ2n) is 8.43. The van der Waals surface area contributed by atoms with Gasteiger partial charge in [-0.1, -0.05) is 43.2 Å². The van der Waals surface area contributed by atoms with Crippen LogP contribution in [0.3, 0.4) is 0 Å². The van der Waals surface area contributed by atoms with Crippen molar-refractivity contribution in [2.45, 2.75) is 57.2 Å². The zero-order chi connectivity index (χ0) is 20.9. The molecular weight excluding hydrogens is 381 g/mol. The lowest BCUT2D eigenvalue weighted by Crippen LogP contribution is -3.13. The number of carbonyl (C=O) groups is 2. The number of quaternary nitrogens is 1. The van der Waals surface area contributed by atoms with E-state index in [1.54, 1.807) is 30.3 Å². The normalized spacial score (nSPS) is 17.5. The van der Waals surface area contributed by atoms with Crippen molar-refractivity contribution < 1.29 is 18.9 Å². The lowest BCUT2D eigenvalue weighted by molar-refractivity contribution is -0.917. The number of carbonyl (C=O) groups excluding carboxylic acids is 2. The number of hydrogen-bond donors (Lipinski definition) is 3. The zero-order valence-electron chi connectivity index (χ0n) is 17.1. The largest absolute Gasteiger partial charge is 0.349 e. The molecule has 1 atom stereocenters. The summed E-state index contributed by atoms with van der Waals surface area (Å²) in [4.78, 5) is 26.6. The van der Waals surface area contributed by atoms with E-state index < -0.39 is 0 Å². The molecule has 6 heteroatoms. The minimum atomic E-state index is -0.231. The number of benzene rings is 2. The van der Waals surface area contributed by atoms with E-state index in [1.165, 1.54) is 6.07 Å². The highest BCUT2D eigenvalue weighted by atomic mass is 19.1. The molecule has 2 aliphatic carbocycles. The van der Waals surface area contributed by atoms with Crippen LogP contribution in [-0.4, -0.2) is 30.4 Å². The number of amides is 2. The first kappa shape index (κ1) is 20.5. The van der Waals surface area contributed by atoms with Crippen molar-refractivity contribution in [2.75, 3.05) is 11.9 Å². The van der Waals surface area contributed by atoms with E-state index >= 15 is 0 Å². The number of halogens is 1. The molecule has 2 aromatic carbocycles. The van der Waals surface area contributed by atoms with Crippen molar-refractivity contribution in [1.82, 2.24) is 5.32 Å². The second-order valence-corrected chi connectivity index (χ2v) is 8.43. The molecule has 0 saturated heterocycles. The third kappa shape index (κ3) is 5.25. The molecule has 2 aliphatic rings. The Bertz CT molecular complexity index is 907. The van der Waals surface area contributed by atoms with Gasteiger partial charge in [0.05, 0.1) is 17.3 Å². The van der Waals surface area contributed by atoms with Crippen LogP contribution in [0.25, 0.3) is 0 Å². The average Bonchev–Trinajstić information content (AvgIpc) is 3.46. The number of nitrogens with one attached hydrogen (secondary N) is 3. The molecule has 2 fully saturated rings. The molecule has 0 heterocycles. The predicted octanol–water partition coefficient (Wildman–Crippen LogP) is 2.68. The van der Waals surface area contributed by atoms with Gasteiger partial charge in [-0.2, -0.15) is 0 Å². The Kier molecular flexibility index (Phi) is 6.43. The van der Waals surface area contributed by atoms with Gasteiger partial charge in [-0.3, -0.25) is 9.59 Å². The second kappa shape index (κ2) is 9.39. The Hall–Kier alpha value is -2.73. The minimum absolute atomic E-state index is 0.143. The van der Waals surface area contributed by atoms with Crippen LogP contribution in [0.2, 0.25) is 0 Å². The van der Waals surface area contributed by atoms with Crippen molar-refractivity contribution >= 4 is 17.5 Å². The maximum Gasteiger partial charge on any atom is 0.279 e. The molecule has 3 N–H and O–H groups in total. The van der Waals surface area contributed by atoms with Crippen molar-refractivity contribution in [3.63, 3.8) is 0 Å². The molecule has 158 valence electrons. The van der Waals surface area contributed by atoms with Gasteiger partial charge >= 0.3 is 0 Å².